The molecule has 1 aliphatic heterocycles. The smallest absolute Gasteiger partial charge is 0.252 e. The number of sulfonamides is 1. The minimum Gasteiger partial charge on any atom is -0.495 e. The van der Waals surface area contributed by atoms with Crippen molar-refractivity contribution in [2.75, 3.05) is 20.2 Å². The number of aromatic nitrogens is 1. The first-order chi connectivity index (χ1) is 14.5. The van der Waals surface area contributed by atoms with Crippen LogP contribution in [-0.2, 0) is 21.4 Å². The van der Waals surface area contributed by atoms with Gasteiger partial charge in [-0.1, -0.05) is 23.5 Å². The van der Waals surface area contributed by atoms with Crippen molar-refractivity contribution in [3.63, 3.8) is 0 Å². The predicted molar refractivity (Wildman–Crippen MR) is 118 cm³/mol. The number of fused-ring (bicyclic) bond motifs is 1. The van der Waals surface area contributed by atoms with Gasteiger partial charge in [0.15, 0.2) is 4.80 Å². The highest BCUT2D eigenvalue weighted by Gasteiger charge is 2.32. The van der Waals surface area contributed by atoms with E-state index < -0.39 is 10.0 Å². The number of amides is 1. The van der Waals surface area contributed by atoms with Gasteiger partial charge in [-0.2, -0.15) is 9.30 Å². The molecule has 0 atom stereocenters. The van der Waals surface area contributed by atoms with Gasteiger partial charge in [0, 0.05) is 25.6 Å². The minimum absolute atomic E-state index is 0.184. The number of methoxy groups -OCH3 is 1. The van der Waals surface area contributed by atoms with E-state index in [9.17, 15) is 13.2 Å². The Morgan fingerprint density at radius 1 is 1.23 bits per heavy atom. The van der Waals surface area contributed by atoms with E-state index in [1.54, 1.807) is 24.6 Å². The second-order valence-corrected chi connectivity index (χ2v) is 11.1. The van der Waals surface area contributed by atoms with Gasteiger partial charge >= 0.3 is 0 Å². The van der Waals surface area contributed by atoms with Gasteiger partial charge in [0.05, 0.1) is 11.8 Å². The molecule has 1 amide bonds. The number of ether oxygens (including phenoxy) is 1. The van der Waals surface area contributed by atoms with Crippen LogP contribution in [0.3, 0.4) is 0 Å². The lowest BCUT2D eigenvalue weighted by molar-refractivity contribution is -0.122. The number of aryl methyl sites for hydroxylation is 1. The third-order valence-electron chi connectivity index (χ3n) is 5.30. The van der Waals surface area contributed by atoms with Crippen LogP contribution in [0.25, 0.3) is 10.2 Å². The first-order valence-electron chi connectivity index (χ1n) is 9.74. The summed E-state index contributed by atoms with van der Waals surface area (Å²) >= 11 is 2.68. The van der Waals surface area contributed by atoms with Gasteiger partial charge in [-0.25, -0.2) is 8.42 Å². The maximum Gasteiger partial charge on any atom is 0.252 e. The molecule has 0 bridgehead atoms. The molecule has 3 aromatic rings. The van der Waals surface area contributed by atoms with E-state index in [2.05, 4.69) is 4.99 Å². The number of thiazole rings is 1. The topological polar surface area (TPSA) is 81.0 Å². The predicted octanol–water partition coefficient (Wildman–Crippen LogP) is 3.32. The fourth-order valence-electron chi connectivity index (χ4n) is 3.71. The van der Waals surface area contributed by atoms with Gasteiger partial charge in [-0.15, -0.1) is 11.3 Å². The first kappa shape index (κ1) is 21.2. The van der Waals surface area contributed by atoms with Gasteiger partial charge in [-0.3, -0.25) is 4.79 Å². The second kappa shape index (κ2) is 8.62. The van der Waals surface area contributed by atoms with Crippen molar-refractivity contribution in [3.05, 3.63) is 40.5 Å². The Hall–Kier alpha value is -2.01. The molecule has 10 heteroatoms. The number of hydrogen-bond donors (Lipinski definition) is 0. The van der Waals surface area contributed by atoms with Crippen molar-refractivity contribution in [2.45, 2.75) is 30.5 Å². The van der Waals surface area contributed by atoms with Crippen molar-refractivity contribution in [1.29, 1.82) is 0 Å². The molecule has 0 saturated carbocycles. The number of para-hydroxylation sites is 1. The lowest BCUT2D eigenvalue weighted by atomic mass is 9.98. The number of thiophene rings is 1. The summed E-state index contributed by atoms with van der Waals surface area (Å²) in [4.78, 5) is 18.0. The monoisotopic (exact) mass is 465 g/mol. The minimum atomic E-state index is -3.47. The van der Waals surface area contributed by atoms with Crippen molar-refractivity contribution < 1.29 is 17.9 Å². The van der Waals surface area contributed by atoms with Gasteiger partial charge in [0.2, 0.25) is 0 Å². The lowest BCUT2D eigenvalue weighted by Gasteiger charge is -2.29. The molecule has 7 nitrogen and oxygen atoms in total. The largest absolute Gasteiger partial charge is 0.495 e. The number of carbonyl (C=O) groups is 1. The van der Waals surface area contributed by atoms with E-state index in [1.165, 1.54) is 27.0 Å². The molecule has 3 heterocycles. The summed E-state index contributed by atoms with van der Waals surface area (Å²) in [6.45, 7) is 3.35. The average Bonchev–Trinajstić information content (AvgIpc) is 3.41. The van der Waals surface area contributed by atoms with Crippen LogP contribution < -0.4 is 9.54 Å². The van der Waals surface area contributed by atoms with E-state index in [-0.39, 0.29) is 11.8 Å². The molecule has 30 heavy (non-hydrogen) atoms. The molecular weight excluding hydrogens is 442 g/mol. The Labute approximate surface area is 183 Å². The van der Waals surface area contributed by atoms with E-state index in [0.717, 1.165) is 16.0 Å². The van der Waals surface area contributed by atoms with Gasteiger partial charge in [0.25, 0.3) is 15.9 Å². The molecule has 0 aliphatic carbocycles. The van der Waals surface area contributed by atoms with Crippen LogP contribution in [0, 0.1) is 5.92 Å². The zero-order valence-electron chi connectivity index (χ0n) is 16.8. The number of nitrogens with zero attached hydrogens (tertiary/aromatic N) is 3. The molecule has 0 spiro atoms. The Morgan fingerprint density at radius 3 is 2.63 bits per heavy atom. The van der Waals surface area contributed by atoms with Crippen LogP contribution in [0.4, 0.5) is 0 Å². The molecule has 160 valence electrons. The number of piperidine rings is 1. The van der Waals surface area contributed by atoms with E-state index >= 15 is 0 Å². The average molecular weight is 466 g/mol. The third-order valence-corrected chi connectivity index (χ3v) is 9.61. The van der Waals surface area contributed by atoms with Crippen LogP contribution in [0.15, 0.2) is 44.9 Å². The van der Waals surface area contributed by atoms with E-state index in [1.807, 2.05) is 29.7 Å². The van der Waals surface area contributed by atoms with Crippen molar-refractivity contribution >= 4 is 48.8 Å². The van der Waals surface area contributed by atoms with Crippen molar-refractivity contribution in [2.24, 2.45) is 10.9 Å². The van der Waals surface area contributed by atoms with Crippen molar-refractivity contribution in [3.8, 4) is 5.75 Å². The Kier molecular flexibility index (Phi) is 6.10. The highest BCUT2D eigenvalue weighted by molar-refractivity contribution is 7.91. The van der Waals surface area contributed by atoms with Crippen LogP contribution in [0.5, 0.6) is 5.75 Å². The molecular formula is C20H23N3O4S3. The SMILES string of the molecule is CCn1c(=NC(=O)C2CCN(S(=O)(=O)c3cccs3)CC2)sc2cccc(OC)c21. The molecule has 2 aromatic heterocycles. The molecule has 0 N–H and O–H groups in total. The molecule has 1 fully saturated rings. The summed E-state index contributed by atoms with van der Waals surface area (Å²) in [7, 11) is -1.84. The number of rotatable bonds is 5. The van der Waals surface area contributed by atoms with E-state index in [0.29, 0.717) is 41.5 Å². The first-order valence-corrected chi connectivity index (χ1v) is 12.9. The van der Waals surface area contributed by atoms with Crippen molar-refractivity contribution in [1.82, 2.24) is 8.87 Å². The molecule has 0 unspecified atom stereocenters. The fourth-order valence-corrected chi connectivity index (χ4v) is 7.44. The molecule has 1 saturated heterocycles. The number of benzene rings is 1. The van der Waals surface area contributed by atoms with E-state index in [4.69, 9.17) is 4.74 Å². The molecule has 1 aliphatic rings. The standard InChI is InChI=1S/C20H23N3O4S3/c1-3-23-18-15(27-2)6-4-7-16(18)29-20(23)21-19(24)14-9-11-22(12-10-14)30(25,26)17-8-5-13-28-17/h4-8,13-14H,3,9-12H2,1-2H3. The Balaban J connectivity index is 1.55. The molecule has 0 radical (unpaired) electrons. The quantitative estimate of drug-likeness (QED) is 0.579. The highest BCUT2D eigenvalue weighted by Crippen LogP contribution is 2.28. The maximum absolute atomic E-state index is 12.9. The summed E-state index contributed by atoms with van der Waals surface area (Å²) in [6, 6.07) is 9.16. The zero-order valence-corrected chi connectivity index (χ0v) is 19.2. The summed E-state index contributed by atoms with van der Waals surface area (Å²) in [5, 5.41) is 1.75. The van der Waals surface area contributed by atoms with Crippen LogP contribution >= 0.6 is 22.7 Å². The Morgan fingerprint density at radius 2 is 2.00 bits per heavy atom. The highest BCUT2D eigenvalue weighted by atomic mass is 32.2. The lowest BCUT2D eigenvalue weighted by Crippen LogP contribution is -2.40. The normalized spacial score (nSPS) is 16.9. The third kappa shape index (κ3) is 3.84. The van der Waals surface area contributed by atoms with Crippen LogP contribution in [-0.4, -0.2) is 43.4 Å². The maximum atomic E-state index is 12.9. The van der Waals surface area contributed by atoms with Gasteiger partial charge < -0.3 is 9.30 Å². The summed E-state index contributed by atoms with van der Waals surface area (Å²) in [5.41, 5.74) is 0.941. The second-order valence-electron chi connectivity index (χ2n) is 7.00. The van der Waals surface area contributed by atoms with Crippen LogP contribution in [0.1, 0.15) is 19.8 Å². The summed E-state index contributed by atoms with van der Waals surface area (Å²) in [6.07, 6.45) is 0.959. The number of hydrogen-bond acceptors (Lipinski definition) is 6. The zero-order chi connectivity index (χ0) is 21.3. The summed E-state index contributed by atoms with van der Waals surface area (Å²) < 4.78 is 35.6. The Bertz CT molecular complexity index is 1220. The van der Waals surface area contributed by atoms with Gasteiger partial charge in [0.1, 0.15) is 15.5 Å². The fraction of sp³-hybridized carbons (Fsp3) is 0.400. The molecule has 4 rings (SSSR count). The summed E-state index contributed by atoms with van der Waals surface area (Å²) in [5.74, 6) is 0.305. The van der Waals surface area contributed by atoms with Crippen LogP contribution in [0.2, 0.25) is 0 Å². The molecule has 1 aromatic carbocycles. The number of carbonyl (C=O) groups excluding carboxylic acids is 1. The van der Waals surface area contributed by atoms with Gasteiger partial charge in [-0.05, 0) is 43.3 Å².